The van der Waals surface area contributed by atoms with E-state index in [0.717, 1.165) is 24.1 Å². The van der Waals surface area contributed by atoms with Crippen LogP contribution in [0.15, 0.2) is 42.9 Å². The highest BCUT2D eigenvalue weighted by atomic mass is 32.1. The molecule has 1 fully saturated rings. The van der Waals surface area contributed by atoms with Crippen LogP contribution in [0.1, 0.15) is 51.5 Å². The highest BCUT2D eigenvalue weighted by Crippen LogP contribution is 2.31. The van der Waals surface area contributed by atoms with Crippen LogP contribution in [0.25, 0.3) is 11.3 Å². The Hall–Kier alpha value is -2.94. The van der Waals surface area contributed by atoms with Crippen LogP contribution >= 0.6 is 12.6 Å². The van der Waals surface area contributed by atoms with Crippen LogP contribution in [0.3, 0.4) is 0 Å². The maximum atomic E-state index is 13.3. The number of carboxylic acids is 1. The maximum absolute atomic E-state index is 13.3. The monoisotopic (exact) mass is 484 g/mol. The molecule has 3 N–H and O–H groups in total. The molecular weight excluding hydrogens is 452 g/mol. The Morgan fingerprint density at radius 2 is 1.88 bits per heavy atom. The number of aromatic nitrogens is 2. The molecule has 1 saturated carbocycles. The fourth-order valence-corrected chi connectivity index (χ4v) is 4.71. The standard InChI is InChI=1S/C25H32N4O4S/c1-16(2)12-21(34)22(30)29-25(9-3-4-10-25)24(33)28-20(23(31)32)13-17-7-8-19(27-14-17)18-6-5-11-26-15-18/h5-8,11,14-16,20-21,34H,3-4,9-10,12-13H2,1-2H3,(H,28,33)(H,29,30)(H,31,32). The van der Waals surface area contributed by atoms with Crippen LogP contribution in [0.5, 0.6) is 0 Å². The third-order valence-electron chi connectivity index (χ3n) is 6.08. The normalized spacial score (nSPS) is 16.6. The number of rotatable bonds is 10. The Balaban J connectivity index is 1.69. The van der Waals surface area contributed by atoms with E-state index in [1.165, 1.54) is 0 Å². The fourth-order valence-electron chi connectivity index (χ4n) is 4.22. The Kier molecular flexibility index (Phi) is 8.66. The number of hydrogen-bond donors (Lipinski definition) is 4. The van der Waals surface area contributed by atoms with Crippen molar-refractivity contribution in [2.75, 3.05) is 0 Å². The predicted molar refractivity (Wildman–Crippen MR) is 132 cm³/mol. The summed E-state index contributed by atoms with van der Waals surface area (Å²) in [5.41, 5.74) is 1.15. The molecule has 2 amide bonds. The Labute approximate surface area is 205 Å². The van der Waals surface area contributed by atoms with Crippen molar-refractivity contribution >= 4 is 30.4 Å². The lowest BCUT2D eigenvalue weighted by Gasteiger charge is -2.31. The zero-order chi connectivity index (χ0) is 24.7. The van der Waals surface area contributed by atoms with Gasteiger partial charge in [0.15, 0.2) is 0 Å². The number of pyridine rings is 2. The van der Waals surface area contributed by atoms with E-state index in [4.69, 9.17) is 0 Å². The topological polar surface area (TPSA) is 121 Å². The summed E-state index contributed by atoms with van der Waals surface area (Å²) in [4.78, 5) is 46.4. The van der Waals surface area contributed by atoms with Gasteiger partial charge in [-0.25, -0.2) is 4.79 Å². The van der Waals surface area contributed by atoms with E-state index in [2.05, 4.69) is 33.2 Å². The quantitative estimate of drug-likeness (QED) is 0.385. The lowest BCUT2D eigenvalue weighted by Crippen LogP contribution is -2.61. The van der Waals surface area contributed by atoms with Crippen molar-refractivity contribution < 1.29 is 19.5 Å². The van der Waals surface area contributed by atoms with E-state index in [9.17, 15) is 19.5 Å². The molecule has 3 rings (SSSR count). The molecule has 8 nitrogen and oxygen atoms in total. The molecule has 2 heterocycles. The van der Waals surface area contributed by atoms with E-state index in [0.29, 0.717) is 24.8 Å². The number of nitrogens with one attached hydrogen (secondary N) is 2. The molecule has 0 spiro atoms. The largest absolute Gasteiger partial charge is 0.480 e. The predicted octanol–water partition coefficient (Wildman–Crippen LogP) is 3.03. The fraction of sp³-hybridized carbons (Fsp3) is 0.480. The second kappa shape index (κ2) is 11.5. The van der Waals surface area contributed by atoms with Crippen molar-refractivity contribution in [3.05, 3.63) is 48.4 Å². The van der Waals surface area contributed by atoms with Gasteiger partial charge in [-0.15, -0.1) is 0 Å². The van der Waals surface area contributed by atoms with Gasteiger partial charge in [-0.1, -0.05) is 32.8 Å². The number of carbonyl (C=O) groups excluding carboxylic acids is 2. The second-order valence-electron chi connectivity index (χ2n) is 9.29. The van der Waals surface area contributed by atoms with Gasteiger partial charge in [0.05, 0.1) is 10.9 Å². The molecule has 182 valence electrons. The van der Waals surface area contributed by atoms with Crippen molar-refractivity contribution in [1.29, 1.82) is 0 Å². The molecule has 0 bridgehead atoms. The van der Waals surface area contributed by atoms with Gasteiger partial charge in [-0.05, 0) is 48.9 Å². The van der Waals surface area contributed by atoms with E-state index in [1.807, 2.05) is 26.0 Å². The van der Waals surface area contributed by atoms with Crippen molar-refractivity contribution in [2.45, 2.75) is 69.2 Å². The lowest BCUT2D eigenvalue weighted by molar-refractivity contribution is -0.143. The third-order valence-corrected chi connectivity index (χ3v) is 6.52. The van der Waals surface area contributed by atoms with Crippen molar-refractivity contribution in [3.8, 4) is 11.3 Å². The zero-order valence-corrected chi connectivity index (χ0v) is 20.4. The van der Waals surface area contributed by atoms with Gasteiger partial charge >= 0.3 is 5.97 Å². The summed E-state index contributed by atoms with van der Waals surface area (Å²) in [5, 5.41) is 14.8. The molecule has 9 heteroatoms. The SMILES string of the molecule is CC(C)CC(S)C(=O)NC1(C(=O)NC(Cc2ccc(-c3cccnc3)nc2)C(=O)O)CCCC1. The molecule has 2 atom stereocenters. The first-order valence-corrected chi connectivity index (χ1v) is 12.1. The molecule has 0 radical (unpaired) electrons. The van der Waals surface area contributed by atoms with Gasteiger partial charge in [-0.3, -0.25) is 19.6 Å². The molecular formula is C25H32N4O4S. The smallest absolute Gasteiger partial charge is 0.326 e. The van der Waals surface area contributed by atoms with Crippen LogP contribution < -0.4 is 10.6 Å². The number of nitrogens with zero attached hydrogens (tertiary/aromatic N) is 2. The van der Waals surface area contributed by atoms with E-state index in [-0.39, 0.29) is 18.2 Å². The molecule has 0 aliphatic heterocycles. The van der Waals surface area contributed by atoms with Crippen LogP contribution in [0.2, 0.25) is 0 Å². The summed E-state index contributed by atoms with van der Waals surface area (Å²) in [6.45, 7) is 4.01. The van der Waals surface area contributed by atoms with Gasteiger partial charge in [0, 0.05) is 30.6 Å². The van der Waals surface area contributed by atoms with Crippen LogP contribution in [0.4, 0.5) is 0 Å². The average molecular weight is 485 g/mol. The highest BCUT2D eigenvalue weighted by Gasteiger charge is 2.44. The summed E-state index contributed by atoms with van der Waals surface area (Å²) < 4.78 is 0. The number of amides is 2. The van der Waals surface area contributed by atoms with Gasteiger partial charge < -0.3 is 15.7 Å². The first kappa shape index (κ1) is 25.7. The molecule has 2 aromatic rings. The van der Waals surface area contributed by atoms with Gasteiger partial charge in [-0.2, -0.15) is 12.6 Å². The van der Waals surface area contributed by atoms with Crippen molar-refractivity contribution in [2.24, 2.45) is 5.92 Å². The molecule has 1 aliphatic rings. The molecule has 0 saturated heterocycles. The summed E-state index contributed by atoms with van der Waals surface area (Å²) in [7, 11) is 0. The summed E-state index contributed by atoms with van der Waals surface area (Å²) in [5.74, 6) is -1.61. The van der Waals surface area contributed by atoms with Crippen LogP contribution in [-0.4, -0.2) is 49.7 Å². The van der Waals surface area contributed by atoms with E-state index in [1.54, 1.807) is 30.7 Å². The number of thiol groups is 1. The molecule has 1 aliphatic carbocycles. The zero-order valence-electron chi connectivity index (χ0n) is 19.5. The van der Waals surface area contributed by atoms with Gasteiger partial charge in [0.1, 0.15) is 11.6 Å². The molecule has 0 aromatic carbocycles. The second-order valence-corrected chi connectivity index (χ2v) is 9.91. The number of carbonyl (C=O) groups is 3. The highest BCUT2D eigenvalue weighted by molar-refractivity contribution is 7.81. The summed E-state index contributed by atoms with van der Waals surface area (Å²) >= 11 is 4.40. The molecule has 2 aromatic heterocycles. The van der Waals surface area contributed by atoms with Crippen molar-refractivity contribution in [3.63, 3.8) is 0 Å². The average Bonchev–Trinajstić information content (AvgIpc) is 3.29. The third kappa shape index (κ3) is 6.56. The number of carboxylic acid groups (broad SMARTS) is 1. The van der Waals surface area contributed by atoms with Crippen LogP contribution in [-0.2, 0) is 20.8 Å². The lowest BCUT2D eigenvalue weighted by atomic mass is 9.94. The first-order valence-electron chi connectivity index (χ1n) is 11.6. The van der Waals surface area contributed by atoms with Crippen molar-refractivity contribution in [1.82, 2.24) is 20.6 Å². The van der Waals surface area contributed by atoms with Gasteiger partial charge in [0.25, 0.3) is 0 Å². The first-order chi connectivity index (χ1) is 16.2. The number of hydrogen-bond acceptors (Lipinski definition) is 6. The molecule has 2 unspecified atom stereocenters. The minimum absolute atomic E-state index is 0.0773. The van der Waals surface area contributed by atoms with Gasteiger partial charge in [0.2, 0.25) is 11.8 Å². The maximum Gasteiger partial charge on any atom is 0.326 e. The Morgan fingerprint density at radius 3 is 2.44 bits per heavy atom. The Morgan fingerprint density at radius 1 is 1.15 bits per heavy atom. The van der Waals surface area contributed by atoms with E-state index < -0.39 is 28.7 Å². The number of aliphatic carboxylic acids is 1. The molecule has 34 heavy (non-hydrogen) atoms. The summed E-state index contributed by atoms with van der Waals surface area (Å²) in [6, 6.07) is 6.16. The minimum Gasteiger partial charge on any atom is -0.480 e. The van der Waals surface area contributed by atoms with E-state index >= 15 is 0 Å². The Bertz CT molecular complexity index is 992. The minimum atomic E-state index is -1.14. The van der Waals surface area contributed by atoms with Crippen LogP contribution in [0, 0.1) is 5.92 Å². The summed E-state index contributed by atoms with van der Waals surface area (Å²) in [6.07, 6.45) is 8.17.